The smallest absolute Gasteiger partial charge is 0.143 e. The van der Waals surface area contributed by atoms with Gasteiger partial charge in [0.25, 0.3) is 0 Å². The van der Waals surface area contributed by atoms with E-state index < -0.39 is 0 Å². The van der Waals surface area contributed by atoms with Crippen LogP contribution < -0.4 is 5.32 Å². The number of para-hydroxylation sites is 1. The highest BCUT2D eigenvalue weighted by atomic mass is 79.9. The average Bonchev–Trinajstić information content (AvgIpc) is 2.95. The zero-order valence-electron chi connectivity index (χ0n) is 13.3. The summed E-state index contributed by atoms with van der Waals surface area (Å²) in [6.07, 6.45) is 1.56. The summed E-state index contributed by atoms with van der Waals surface area (Å²) in [6.45, 7) is 2.05. The fraction of sp³-hybridized carbons (Fsp3) is 0.0526. The lowest BCUT2D eigenvalue weighted by Crippen LogP contribution is -1.96. The molecule has 2 aromatic carbocycles. The Balaban J connectivity index is 1.91. The van der Waals surface area contributed by atoms with Crippen LogP contribution >= 0.6 is 27.3 Å². The van der Waals surface area contributed by atoms with Crippen LogP contribution in [0.5, 0.6) is 0 Å². The maximum atomic E-state index is 13.3. The molecule has 0 amide bonds. The second-order valence-electron chi connectivity index (χ2n) is 5.55. The summed E-state index contributed by atoms with van der Waals surface area (Å²) in [5, 5.41) is 4.34. The molecule has 6 heteroatoms. The van der Waals surface area contributed by atoms with Gasteiger partial charge in [-0.25, -0.2) is 14.4 Å². The van der Waals surface area contributed by atoms with Crippen molar-refractivity contribution in [2.24, 2.45) is 0 Å². The monoisotopic (exact) mass is 413 g/mol. The molecule has 3 nitrogen and oxygen atoms in total. The SMILES string of the molecule is Cc1sc2ncnc(Nc3ccccc3Br)c2c1-c1ccc(F)cc1. The molecular formula is C19H13BrFN3S. The Morgan fingerprint density at radius 1 is 1.04 bits per heavy atom. The van der Waals surface area contributed by atoms with Crippen LogP contribution in [-0.4, -0.2) is 9.97 Å². The van der Waals surface area contributed by atoms with Gasteiger partial charge in [0.1, 0.15) is 22.8 Å². The van der Waals surface area contributed by atoms with Crippen molar-refractivity contribution in [1.29, 1.82) is 0 Å². The second-order valence-corrected chi connectivity index (χ2v) is 7.60. The maximum Gasteiger partial charge on any atom is 0.143 e. The summed E-state index contributed by atoms with van der Waals surface area (Å²) in [7, 11) is 0. The number of rotatable bonds is 3. The van der Waals surface area contributed by atoms with Gasteiger partial charge in [0, 0.05) is 14.9 Å². The van der Waals surface area contributed by atoms with Crippen molar-refractivity contribution in [3.63, 3.8) is 0 Å². The first-order chi connectivity index (χ1) is 12.1. The predicted octanol–water partition coefficient (Wildman–Crippen LogP) is 6.31. The van der Waals surface area contributed by atoms with E-state index >= 15 is 0 Å². The number of aryl methyl sites for hydroxylation is 1. The van der Waals surface area contributed by atoms with Crippen LogP contribution in [0.3, 0.4) is 0 Å². The molecule has 0 radical (unpaired) electrons. The van der Waals surface area contributed by atoms with Gasteiger partial charge in [-0.3, -0.25) is 0 Å². The zero-order chi connectivity index (χ0) is 17.4. The van der Waals surface area contributed by atoms with E-state index in [0.717, 1.165) is 42.2 Å². The molecule has 0 unspecified atom stereocenters. The molecule has 4 rings (SSSR count). The number of nitrogens with one attached hydrogen (secondary N) is 1. The third kappa shape index (κ3) is 3.03. The molecule has 0 bridgehead atoms. The summed E-state index contributed by atoms with van der Waals surface area (Å²) in [4.78, 5) is 10.9. The fourth-order valence-corrected chi connectivity index (χ4v) is 4.19. The summed E-state index contributed by atoms with van der Waals surface area (Å²) in [5.41, 5.74) is 2.92. The first-order valence-electron chi connectivity index (χ1n) is 7.65. The van der Waals surface area contributed by atoms with Gasteiger partial charge in [0.05, 0.1) is 11.1 Å². The molecule has 25 heavy (non-hydrogen) atoms. The van der Waals surface area contributed by atoms with E-state index in [1.165, 1.54) is 12.1 Å². The molecule has 0 aliphatic heterocycles. The van der Waals surface area contributed by atoms with Crippen LogP contribution in [0.25, 0.3) is 21.3 Å². The molecule has 0 atom stereocenters. The zero-order valence-corrected chi connectivity index (χ0v) is 15.7. The summed E-state index contributed by atoms with van der Waals surface area (Å²) < 4.78 is 14.3. The van der Waals surface area contributed by atoms with Gasteiger partial charge in [-0.05, 0) is 52.7 Å². The number of thiophene rings is 1. The molecule has 124 valence electrons. The first-order valence-corrected chi connectivity index (χ1v) is 9.26. The number of hydrogen-bond donors (Lipinski definition) is 1. The minimum absolute atomic E-state index is 0.247. The molecule has 4 aromatic rings. The minimum Gasteiger partial charge on any atom is -0.339 e. The number of benzene rings is 2. The molecule has 1 N–H and O–H groups in total. The Bertz CT molecular complexity index is 1060. The average molecular weight is 414 g/mol. The van der Waals surface area contributed by atoms with E-state index in [0.29, 0.717) is 0 Å². The topological polar surface area (TPSA) is 37.8 Å². The number of fused-ring (bicyclic) bond motifs is 1. The van der Waals surface area contributed by atoms with Crippen LogP contribution in [0.15, 0.2) is 59.3 Å². The molecular weight excluding hydrogens is 401 g/mol. The second kappa shape index (κ2) is 6.54. The van der Waals surface area contributed by atoms with E-state index in [1.54, 1.807) is 29.8 Å². The maximum absolute atomic E-state index is 13.3. The number of aromatic nitrogens is 2. The minimum atomic E-state index is -0.247. The van der Waals surface area contributed by atoms with Crippen molar-refractivity contribution in [2.75, 3.05) is 5.32 Å². The van der Waals surface area contributed by atoms with E-state index in [2.05, 4.69) is 31.2 Å². The van der Waals surface area contributed by atoms with Crippen LogP contribution in [0, 0.1) is 12.7 Å². The number of anilines is 2. The third-order valence-electron chi connectivity index (χ3n) is 3.92. The first kappa shape index (κ1) is 16.2. The van der Waals surface area contributed by atoms with Gasteiger partial charge in [-0.1, -0.05) is 24.3 Å². The molecule has 0 fully saturated rings. The summed E-state index contributed by atoms with van der Waals surface area (Å²) in [6, 6.07) is 14.4. The van der Waals surface area contributed by atoms with Gasteiger partial charge in [0.15, 0.2) is 0 Å². The Morgan fingerprint density at radius 3 is 2.56 bits per heavy atom. The van der Waals surface area contributed by atoms with Crippen LogP contribution in [-0.2, 0) is 0 Å². The lowest BCUT2D eigenvalue weighted by molar-refractivity contribution is 0.628. The Morgan fingerprint density at radius 2 is 1.80 bits per heavy atom. The normalized spacial score (nSPS) is 11.0. The van der Waals surface area contributed by atoms with Crippen molar-refractivity contribution < 1.29 is 4.39 Å². The number of nitrogens with zero attached hydrogens (tertiary/aromatic N) is 2. The van der Waals surface area contributed by atoms with Crippen LogP contribution in [0.4, 0.5) is 15.9 Å². The molecule has 0 saturated heterocycles. The van der Waals surface area contributed by atoms with E-state index in [1.807, 2.05) is 31.2 Å². The standard InChI is InChI=1S/C19H13BrFN3S/c1-11-16(12-6-8-13(21)9-7-12)17-18(22-10-23-19(17)25-11)24-15-5-3-2-4-14(15)20/h2-10H,1H3,(H,22,23,24). The van der Waals surface area contributed by atoms with Gasteiger partial charge in [-0.15, -0.1) is 11.3 Å². The van der Waals surface area contributed by atoms with Gasteiger partial charge in [-0.2, -0.15) is 0 Å². The highest BCUT2D eigenvalue weighted by Gasteiger charge is 2.17. The highest BCUT2D eigenvalue weighted by Crippen LogP contribution is 2.41. The molecule has 0 spiro atoms. The van der Waals surface area contributed by atoms with Crippen molar-refractivity contribution in [1.82, 2.24) is 9.97 Å². The van der Waals surface area contributed by atoms with Gasteiger partial charge < -0.3 is 5.32 Å². The Hall–Kier alpha value is -2.31. The number of halogens is 2. The molecule has 0 aliphatic carbocycles. The van der Waals surface area contributed by atoms with Gasteiger partial charge in [0.2, 0.25) is 0 Å². The van der Waals surface area contributed by atoms with Crippen molar-refractivity contribution in [3.8, 4) is 11.1 Å². The lowest BCUT2D eigenvalue weighted by Gasteiger charge is -2.10. The fourth-order valence-electron chi connectivity index (χ4n) is 2.79. The largest absolute Gasteiger partial charge is 0.339 e. The molecule has 0 aliphatic rings. The lowest BCUT2D eigenvalue weighted by atomic mass is 10.0. The van der Waals surface area contributed by atoms with E-state index in [4.69, 9.17) is 0 Å². The van der Waals surface area contributed by atoms with Crippen molar-refractivity contribution >= 4 is 49.0 Å². The van der Waals surface area contributed by atoms with E-state index in [-0.39, 0.29) is 5.82 Å². The summed E-state index contributed by atoms with van der Waals surface area (Å²) >= 11 is 5.16. The summed E-state index contributed by atoms with van der Waals surface area (Å²) in [5.74, 6) is 0.490. The van der Waals surface area contributed by atoms with Crippen LogP contribution in [0.2, 0.25) is 0 Å². The van der Waals surface area contributed by atoms with Crippen molar-refractivity contribution in [3.05, 3.63) is 70.0 Å². The molecule has 0 saturated carbocycles. The van der Waals surface area contributed by atoms with Gasteiger partial charge >= 0.3 is 0 Å². The van der Waals surface area contributed by atoms with Crippen molar-refractivity contribution in [2.45, 2.75) is 6.92 Å². The Kier molecular flexibility index (Phi) is 4.23. The number of hydrogen-bond acceptors (Lipinski definition) is 4. The molecule has 2 aromatic heterocycles. The third-order valence-corrected chi connectivity index (χ3v) is 5.63. The quantitative estimate of drug-likeness (QED) is 0.427. The van der Waals surface area contributed by atoms with E-state index in [9.17, 15) is 4.39 Å². The van der Waals surface area contributed by atoms with Crippen LogP contribution in [0.1, 0.15) is 4.88 Å². The molecule has 2 heterocycles. The Labute approximate surface area is 156 Å². The predicted molar refractivity (Wildman–Crippen MR) is 105 cm³/mol. The highest BCUT2D eigenvalue weighted by molar-refractivity contribution is 9.10.